The topological polar surface area (TPSA) is 43.2 Å². The number of alkyl halides is 4. The maximum Gasteiger partial charge on any atom is 0.387 e. The molecule has 0 aliphatic rings. The Morgan fingerprint density at radius 2 is 1.23 bits per heavy atom. The molecular formula is C23H18F4N2O2. The number of hydrogen-bond acceptors (Lipinski definition) is 4. The second-order valence-electron chi connectivity index (χ2n) is 6.32. The van der Waals surface area contributed by atoms with Crippen LogP contribution in [0.3, 0.4) is 0 Å². The zero-order chi connectivity index (χ0) is 22.2. The van der Waals surface area contributed by atoms with E-state index < -0.39 is 13.2 Å². The van der Waals surface area contributed by atoms with Gasteiger partial charge in [0, 0.05) is 23.6 Å². The molecule has 0 spiro atoms. The molecule has 3 rings (SSSR count). The van der Waals surface area contributed by atoms with Crippen molar-refractivity contribution in [3.05, 3.63) is 83.4 Å². The summed E-state index contributed by atoms with van der Waals surface area (Å²) in [6.45, 7) is -4.04. The van der Waals surface area contributed by atoms with Crippen molar-refractivity contribution in [3.63, 3.8) is 0 Å². The fourth-order valence-corrected chi connectivity index (χ4v) is 2.68. The van der Waals surface area contributed by atoms with E-state index >= 15 is 0 Å². The summed E-state index contributed by atoms with van der Waals surface area (Å²) in [6.07, 6.45) is 2.85. The minimum atomic E-state index is -2.94. The van der Waals surface area contributed by atoms with Crippen molar-refractivity contribution in [2.45, 2.75) is 20.1 Å². The Kier molecular flexibility index (Phi) is 7.37. The molecule has 0 N–H and O–H groups in total. The van der Waals surface area contributed by atoms with Crippen LogP contribution in [-0.2, 0) is 0 Å². The molecule has 0 atom stereocenters. The summed E-state index contributed by atoms with van der Waals surface area (Å²) < 4.78 is 59.2. The summed E-state index contributed by atoms with van der Waals surface area (Å²) in [5.74, 6) is 0.0333. The van der Waals surface area contributed by atoms with Crippen LogP contribution >= 0.6 is 0 Å². The zero-order valence-corrected chi connectivity index (χ0v) is 16.4. The van der Waals surface area contributed by atoms with E-state index in [1.54, 1.807) is 54.6 Å². The smallest absolute Gasteiger partial charge is 0.387 e. The summed E-state index contributed by atoms with van der Waals surface area (Å²) in [6, 6.07) is 17.8. The lowest BCUT2D eigenvalue weighted by molar-refractivity contribution is -0.0506. The monoisotopic (exact) mass is 430 g/mol. The van der Waals surface area contributed by atoms with Crippen LogP contribution in [0, 0.1) is 6.92 Å². The van der Waals surface area contributed by atoms with Crippen molar-refractivity contribution in [2.75, 3.05) is 0 Å². The lowest BCUT2D eigenvalue weighted by atomic mass is 10.1. The first-order valence-corrected chi connectivity index (χ1v) is 9.19. The molecule has 0 saturated carbocycles. The van der Waals surface area contributed by atoms with Gasteiger partial charge in [-0.3, -0.25) is 9.98 Å². The Hall–Kier alpha value is -3.68. The SMILES string of the molecule is Cc1ccc(N=Cc2ccccc2OC(F)F)cc1N=Cc1ccccc1OC(F)F. The molecular weight excluding hydrogens is 412 g/mol. The lowest BCUT2D eigenvalue weighted by Gasteiger charge is -2.08. The van der Waals surface area contributed by atoms with Crippen LogP contribution < -0.4 is 9.47 Å². The highest BCUT2D eigenvalue weighted by atomic mass is 19.3. The Morgan fingerprint density at radius 3 is 1.77 bits per heavy atom. The van der Waals surface area contributed by atoms with Crippen molar-refractivity contribution in [2.24, 2.45) is 9.98 Å². The van der Waals surface area contributed by atoms with Crippen LogP contribution in [0.25, 0.3) is 0 Å². The van der Waals surface area contributed by atoms with Gasteiger partial charge in [0.2, 0.25) is 0 Å². The van der Waals surface area contributed by atoms with Gasteiger partial charge >= 0.3 is 13.2 Å². The number of nitrogens with zero attached hydrogens (tertiary/aromatic N) is 2. The van der Waals surface area contributed by atoms with Crippen LogP contribution in [0.15, 0.2) is 76.7 Å². The molecule has 0 fully saturated rings. The Labute approximate surface area is 176 Å². The minimum Gasteiger partial charge on any atom is -0.434 e. The molecule has 160 valence electrons. The second-order valence-corrected chi connectivity index (χ2v) is 6.32. The first kappa shape index (κ1) is 22.0. The van der Waals surface area contributed by atoms with Crippen molar-refractivity contribution in [1.29, 1.82) is 0 Å². The van der Waals surface area contributed by atoms with Crippen molar-refractivity contribution in [3.8, 4) is 11.5 Å². The number of para-hydroxylation sites is 2. The van der Waals surface area contributed by atoms with Crippen LogP contribution in [0.1, 0.15) is 16.7 Å². The molecule has 0 bridgehead atoms. The maximum absolute atomic E-state index is 12.6. The predicted octanol–water partition coefficient (Wildman–Crippen LogP) is 6.70. The predicted molar refractivity (Wildman–Crippen MR) is 112 cm³/mol. The third-order valence-electron chi connectivity index (χ3n) is 4.16. The van der Waals surface area contributed by atoms with Gasteiger partial charge in [0.05, 0.1) is 11.4 Å². The van der Waals surface area contributed by atoms with E-state index in [0.717, 1.165) is 5.56 Å². The van der Waals surface area contributed by atoms with Crippen molar-refractivity contribution >= 4 is 23.8 Å². The summed E-state index contributed by atoms with van der Waals surface area (Å²) in [5, 5.41) is 0. The first-order chi connectivity index (χ1) is 14.9. The fourth-order valence-electron chi connectivity index (χ4n) is 2.68. The summed E-state index contributed by atoms with van der Waals surface area (Å²) in [5.41, 5.74) is 2.73. The van der Waals surface area contributed by atoms with Crippen LogP contribution in [-0.4, -0.2) is 25.7 Å². The number of aryl methyl sites for hydroxylation is 1. The molecule has 4 nitrogen and oxygen atoms in total. The van der Waals surface area contributed by atoms with Gasteiger partial charge in [0.25, 0.3) is 0 Å². The van der Waals surface area contributed by atoms with Gasteiger partial charge in [-0.25, -0.2) is 0 Å². The standard InChI is InChI=1S/C23H18F4N2O2/c1-15-10-11-18(28-13-16-6-2-4-8-20(16)30-22(24)25)12-19(15)29-14-17-7-3-5-9-21(17)31-23(26)27/h2-14,22-23H,1H3. The first-order valence-electron chi connectivity index (χ1n) is 9.19. The van der Waals surface area contributed by atoms with E-state index in [1.165, 1.54) is 24.6 Å². The molecule has 3 aromatic rings. The second kappa shape index (κ2) is 10.4. The fraction of sp³-hybridized carbons (Fsp3) is 0.130. The van der Waals surface area contributed by atoms with Gasteiger partial charge in [-0.05, 0) is 48.9 Å². The number of benzene rings is 3. The van der Waals surface area contributed by atoms with Gasteiger partial charge in [-0.1, -0.05) is 30.3 Å². The number of ether oxygens (including phenoxy) is 2. The van der Waals surface area contributed by atoms with E-state index in [2.05, 4.69) is 19.5 Å². The summed E-state index contributed by atoms with van der Waals surface area (Å²) >= 11 is 0. The van der Waals surface area contributed by atoms with Gasteiger partial charge in [-0.2, -0.15) is 17.6 Å². The van der Waals surface area contributed by atoms with Gasteiger partial charge < -0.3 is 9.47 Å². The van der Waals surface area contributed by atoms with E-state index in [4.69, 9.17) is 0 Å². The maximum atomic E-state index is 12.6. The Balaban J connectivity index is 1.84. The molecule has 0 aliphatic carbocycles. The van der Waals surface area contributed by atoms with Crippen molar-refractivity contribution < 1.29 is 27.0 Å². The quantitative estimate of drug-likeness (QED) is 0.295. The summed E-state index contributed by atoms with van der Waals surface area (Å²) in [4.78, 5) is 8.68. The van der Waals surface area contributed by atoms with E-state index in [-0.39, 0.29) is 11.5 Å². The van der Waals surface area contributed by atoms with Crippen LogP contribution in [0.5, 0.6) is 11.5 Å². The van der Waals surface area contributed by atoms with Gasteiger partial charge in [0.1, 0.15) is 11.5 Å². The zero-order valence-electron chi connectivity index (χ0n) is 16.4. The molecule has 0 aromatic heterocycles. The van der Waals surface area contributed by atoms with E-state index in [1.807, 2.05) is 6.92 Å². The summed E-state index contributed by atoms with van der Waals surface area (Å²) in [7, 11) is 0. The highest BCUT2D eigenvalue weighted by Gasteiger charge is 2.09. The average Bonchev–Trinajstić information content (AvgIpc) is 2.73. The number of rotatable bonds is 8. The molecule has 3 aromatic carbocycles. The molecule has 31 heavy (non-hydrogen) atoms. The van der Waals surface area contributed by atoms with Crippen molar-refractivity contribution in [1.82, 2.24) is 0 Å². The van der Waals surface area contributed by atoms with E-state index in [9.17, 15) is 17.6 Å². The van der Waals surface area contributed by atoms with Gasteiger partial charge in [0.15, 0.2) is 0 Å². The lowest BCUT2D eigenvalue weighted by Crippen LogP contribution is -2.04. The molecule has 0 unspecified atom stereocenters. The Morgan fingerprint density at radius 1 is 0.710 bits per heavy atom. The molecule has 0 saturated heterocycles. The largest absolute Gasteiger partial charge is 0.434 e. The third-order valence-corrected chi connectivity index (χ3v) is 4.16. The highest BCUT2D eigenvalue weighted by Crippen LogP contribution is 2.27. The number of halogens is 4. The molecule has 0 heterocycles. The normalized spacial score (nSPS) is 11.7. The molecule has 0 aliphatic heterocycles. The van der Waals surface area contributed by atoms with Crippen LogP contribution in [0.4, 0.5) is 28.9 Å². The molecule has 0 amide bonds. The third kappa shape index (κ3) is 6.40. The number of hydrogen-bond donors (Lipinski definition) is 0. The number of aliphatic imine (C=N–C) groups is 2. The Bertz CT molecular complexity index is 1080. The molecule has 8 heteroatoms. The molecule has 0 radical (unpaired) electrons. The van der Waals surface area contributed by atoms with Gasteiger partial charge in [-0.15, -0.1) is 0 Å². The van der Waals surface area contributed by atoms with E-state index in [0.29, 0.717) is 22.5 Å². The highest BCUT2D eigenvalue weighted by molar-refractivity contribution is 5.87. The van der Waals surface area contributed by atoms with Crippen LogP contribution in [0.2, 0.25) is 0 Å². The average molecular weight is 430 g/mol. The minimum absolute atomic E-state index is 0.0160.